The Morgan fingerprint density at radius 1 is 0.862 bits per heavy atom. The Balaban J connectivity index is 1.59. The predicted molar refractivity (Wildman–Crippen MR) is 123 cm³/mol. The molecule has 3 nitrogen and oxygen atoms in total. The summed E-state index contributed by atoms with van der Waals surface area (Å²) in [5, 5.41) is 5.21. The van der Waals surface area contributed by atoms with E-state index in [0.717, 1.165) is 16.2 Å². The summed E-state index contributed by atoms with van der Waals surface area (Å²) in [4.78, 5) is 17.7. The maximum atomic E-state index is 12.5. The first-order valence-corrected chi connectivity index (χ1v) is 11.2. The summed E-state index contributed by atoms with van der Waals surface area (Å²) in [5.41, 5.74) is 1.91. The van der Waals surface area contributed by atoms with Crippen molar-refractivity contribution in [2.75, 3.05) is 6.54 Å². The van der Waals surface area contributed by atoms with Gasteiger partial charge in [-0.15, -0.1) is 11.8 Å². The molecule has 0 saturated heterocycles. The molecule has 0 radical (unpaired) electrons. The highest BCUT2D eigenvalue weighted by atomic mass is 35.5. The van der Waals surface area contributed by atoms with Gasteiger partial charge in [-0.25, -0.2) is 4.98 Å². The Bertz CT molecular complexity index is 989. The Morgan fingerprint density at radius 3 is 2.10 bits per heavy atom. The minimum atomic E-state index is -0.254. The van der Waals surface area contributed by atoms with Crippen LogP contribution >= 0.6 is 58.2 Å². The Hall–Kier alpha value is -1.43. The number of carbonyl (C=O) groups excluding carboxylic acids is 1. The highest BCUT2D eigenvalue weighted by molar-refractivity contribution is 7.98. The molecule has 1 heterocycles. The molecule has 150 valence electrons. The van der Waals surface area contributed by atoms with Crippen LogP contribution in [-0.4, -0.2) is 17.4 Å². The van der Waals surface area contributed by atoms with Crippen LogP contribution in [-0.2, 0) is 12.2 Å². The van der Waals surface area contributed by atoms with Gasteiger partial charge in [0.2, 0.25) is 0 Å². The molecule has 0 aliphatic carbocycles. The van der Waals surface area contributed by atoms with Crippen LogP contribution in [0.3, 0.4) is 0 Å². The van der Waals surface area contributed by atoms with Crippen molar-refractivity contribution >= 4 is 64.1 Å². The van der Waals surface area contributed by atoms with Crippen LogP contribution in [0, 0.1) is 0 Å². The largest absolute Gasteiger partial charge is 0.350 e. The zero-order chi connectivity index (χ0) is 20.8. The molecule has 0 aliphatic heterocycles. The molecule has 0 atom stereocenters. The summed E-state index contributed by atoms with van der Waals surface area (Å²) >= 11 is 26.2. The number of amides is 1. The minimum Gasteiger partial charge on any atom is -0.350 e. The van der Waals surface area contributed by atoms with Crippen molar-refractivity contribution < 1.29 is 4.79 Å². The number of hydrogen-bond donors (Lipinski definition) is 1. The van der Waals surface area contributed by atoms with Gasteiger partial charge in [-0.3, -0.25) is 4.79 Å². The molecule has 3 aromatic rings. The van der Waals surface area contributed by atoms with E-state index in [9.17, 15) is 4.79 Å². The number of pyridine rings is 1. The van der Waals surface area contributed by atoms with Crippen LogP contribution in [0.2, 0.25) is 20.1 Å². The van der Waals surface area contributed by atoms with Gasteiger partial charge in [0.1, 0.15) is 5.69 Å². The fraction of sp³-hybridized carbons (Fsp3) is 0.143. The van der Waals surface area contributed by atoms with Crippen molar-refractivity contribution in [2.24, 2.45) is 0 Å². The Labute approximate surface area is 193 Å². The molecular formula is C21H16Cl4N2OS. The average Bonchev–Trinajstić information content (AvgIpc) is 2.70. The maximum absolute atomic E-state index is 12.5. The first kappa shape index (κ1) is 22.3. The number of rotatable bonds is 7. The smallest absolute Gasteiger partial charge is 0.269 e. The van der Waals surface area contributed by atoms with Crippen molar-refractivity contribution in [3.8, 4) is 0 Å². The molecule has 8 heteroatoms. The predicted octanol–water partition coefficient (Wildman–Crippen LogP) is 6.96. The van der Waals surface area contributed by atoms with Gasteiger partial charge in [-0.05, 0) is 48.4 Å². The van der Waals surface area contributed by atoms with Crippen molar-refractivity contribution in [3.63, 3.8) is 0 Å². The van der Waals surface area contributed by atoms with E-state index >= 15 is 0 Å². The van der Waals surface area contributed by atoms with Gasteiger partial charge < -0.3 is 5.32 Å². The third-order valence-electron chi connectivity index (χ3n) is 4.04. The van der Waals surface area contributed by atoms with Gasteiger partial charge >= 0.3 is 0 Å². The van der Waals surface area contributed by atoms with Gasteiger partial charge in [0.25, 0.3) is 5.91 Å². The van der Waals surface area contributed by atoms with Crippen LogP contribution in [0.25, 0.3) is 0 Å². The fourth-order valence-electron chi connectivity index (χ4n) is 2.62. The second-order valence-corrected chi connectivity index (χ2v) is 8.67. The molecule has 29 heavy (non-hydrogen) atoms. The number of carbonyl (C=O) groups is 1. The molecule has 0 aliphatic rings. The standard InChI is InChI=1S/C21H16Cl4N2OS/c22-15-5-2-6-16(23)14(15)10-11-26-21(28)19-9-1-4-13(27-19)12-29-20-17(24)7-3-8-18(20)25/h1-9H,10-12H2,(H,26,28). The Kier molecular flexibility index (Phi) is 8.10. The molecule has 3 rings (SSSR count). The SMILES string of the molecule is O=C(NCCc1c(Cl)cccc1Cl)c1cccc(CSc2c(Cl)cccc2Cl)n1. The lowest BCUT2D eigenvalue weighted by Crippen LogP contribution is -2.26. The minimum absolute atomic E-state index is 0.254. The monoisotopic (exact) mass is 484 g/mol. The summed E-state index contributed by atoms with van der Waals surface area (Å²) in [7, 11) is 0. The quantitative estimate of drug-likeness (QED) is 0.367. The van der Waals surface area contributed by atoms with E-state index in [1.54, 1.807) is 48.5 Å². The summed E-state index contributed by atoms with van der Waals surface area (Å²) < 4.78 is 0. The second kappa shape index (κ2) is 10.6. The van der Waals surface area contributed by atoms with Gasteiger partial charge in [0, 0.05) is 27.2 Å². The highest BCUT2D eigenvalue weighted by Crippen LogP contribution is 2.35. The summed E-state index contributed by atoms with van der Waals surface area (Å²) in [6.45, 7) is 0.401. The topological polar surface area (TPSA) is 42.0 Å². The zero-order valence-electron chi connectivity index (χ0n) is 15.1. The molecule has 1 aromatic heterocycles. The second-order valence-electron chi connectivity index (χ2n) is 6.06. The zero-order valence-corrected chi connectivity index (χ0v) is 18.9. The lowest BCUT2D eigenvalue weighted by Gasteiger charge is -2.09. The third kappa shape index (κ3) is 6.03. The molecule has 0 unspecified atom stereocenters. The lowest BCUT2D eigenvalue weighted by molar-refractivity contribution is 0.0949. The van der Waals surface area contributed by atoms with Crippen LogP contribution in [0.5, 0.6) is 0 Å². The molecule has 0 spiro atoms. The number of nitrogens with zero attached hydrogens (tertiary/aromatic N) is 1. The number of thioether (sulfide) groups is 1. The molecule has 0 bridgehead atoms. The van der Waals surface area contributed by atoms with Gasteiger partial charge in [-0.1, -0.05) is 64.6 Å². The van der Waals surface area contributed by atoms with Crippen LogP contribution < -0.4 is 5.32 Å². The number of benzene rings is 2. The van der Waals surface area contributed by atoms with E-state index in [-0.39, 0.29) is 5.91 Å². The maximum Gasteiger partial charge on any atom is 0.269 e. The lowest BCUT2D eigenvalue weighted by atomic mass is 10.1. The molecule has 1 amide bonds. The average molecular weight is 486 g/mol. The molecule has 2 aromatic carbocycles. The fourth-order valence-corrected chi connectivity index (χ4v) is 4.79. The van der Waals surface area contributed by atoms with Crippen LogP contribution in [0.1, 0.15) is 21.7 Å². The van der Waals surface area contributed by atoms with E-state index in [1.807, 2.05) is 6.07 Å². The van der Waals surface area contributed by atoms with E-state index in [4.69, 9.17) is 46.4 Å². The Morgan fingerprint density at radius 2 is 1.45 bits per heavy atom. The van der Waals surface area contributed by atoms with Crippen LogP contribution in [0.15, 0.2) is 59.5 Å². The summed E-state index contributed by atoms with van der Waals surface area (Å²) in [6, 6.07) is 16.1. The van der Waals surface area contributed by atoms with Crippen molar-refractivity contribution in [2.45, 2.75) is 17.1 Å². The highest BCUT2D eigenvalue weighted by Gasteiger charge is 2.11. The van der Waals surface area contributed by atoms with Crippen molar-refractivity contribution in [3.05, 3.63) is 91.6 Å². The van der Waals surface area contributed by atoms with E-state index in [0.29, 0.717) is 44.5 Å². The summed E-state index contributed by atoms with van der Waals surface area (Å²) in [5.74, 6) is 0.288. The molecular weight excluding hydrogens is 470 g/mol. The number of nitrogens with one attached hydrogen (secondary N) is 1. The van der Waals surface area contributed by atoms with Gasteiger partial charge in [0.05, 0.1) is 15.7 Å². The number of hydrogen-bond acceptors (Lipinski definition) is 3. The summed E-state index contributed by atoms with van der Waals surface area (Å²) in [6.07, 6.45) is 0.533. The normalized spacial score (nSPS) is 10.8. The third-order valence-corrected chi connectivity index (χ3v) is 6.78. The van der Waals surface area contributed by atoms with Crippen molar-refractivity contribution in [1.29, 1.82) is 0 Å². The first-order valence-electron chi connectivity index (χ1n) is 8.69. The van der Waals surface area contributed by atoms with Crippen molar-refractivity contribution in [1.82, 2.24) is 10.3 Å². The molecule has 1 N–H and O–H groups in total. The first-order chi connectivity index (χ1) is 14.0. The van der Waals surface area contributed by atoms with E-state index in [2.05, 4.69) is 10.3 Å². The van der Waals surface area contributed by atoms with Gasteiger partial charge in [-0.2, -0.15) is 0 Å². The molecule has 0 fully saturated rings. The van der Waals surface area contributed by atoms with E-state index in [1.165, 1.54) is 11.8 Å². The van der Waals surface area contributed by atoms with E-state index < -0.39 is 0 Å². The molecule has 0 saturated carbocycles. The van der Waals surface area contributed by atoms with Crippen LogP contribution in [0.4, 0.5) is 0 Å². The number of halogens is 4. The number of aromatic nitrogens is 1. The van der Waals surface area contributed by atoms with Gasteiger partial charge in [0.15, 0.2) is 0 Å².